The van der Waals surface area contributed by atoms with Gasteiger partial charge in [0.05, 0.1) is 13.2 Å². The van der Waals surface area contributed by atoms with Crippen LogP contribution in [0.4, 0.5) is 5.69 Å². The summed E-state index contributed by atoms with van der Waals surface area (Å²) in [6, 6.07) is 12.5. The summed E-state index contributed by atoms with van der Waals surface area (Å²) < 4.78 is 16.1. The van der Waals surface area contributed by atoms with Crippen molar-refractivity contribution in [3.05, 3.63) is 53.6 Å². The molecule has 1 aliphatic heterocycles. The molecule has 0 saturated heterocycles. The van der Waals surface area contributed by atoms with Gasteiger partial charge in [0.25, 0.3) is 11.8 Å². The summed E-state index contributed by atoms with van der Waals surface area (Å²) in [6.07, 6.45) is 1.78. The van der Waals surface area contributed by atoms with Gasteiger partial charge in [-0.1, -0.05) is 18.2 Å². The maximum absolute atomic E-state index is 12.5. The molecule has 170 valence electrons. The zero-order chi connectivity index (χ0) is 22.9. The molecule has 0 fully saturated rings. The van der Waals surface area contributed by atoms with Crippen molar-refractivity contribution in [2.45, 2.75) is 26.7 Å². The van der Waals surface area contributed by atoms with E-state index in [1.807, 2.05) is 38.1 Å². The fourth-order valence-electron chi connectivity index (χ4n) is 3.51. The molecule has 2 aromatic rings. The Balaban J connectivity index is 1.50. The van der Waals surface area contributed by atoms with Gasteiger partial charge in [-0.2, -0.15) is 0 Å². The largest absolute Gasteiger partial charge is 0.490 e. The first-order valence-electron chi connectivity index (χ1n) is 10.7. The molecule has 0 aromatic heterocycles. The third-order valence-electron chi connectivity index (χ3n) is 4.97. The van der Waals surface area contributed by atoms with Crippen LogP contribution in [-0.4, -0.2) is 50.7 Å². The second-order valence-electron chi connectivity index (χ2n) is 7.15. The number of esters is 1. The van der Waals surface area contributed by atoms with Crippen LogP contribution in [0.3, 0.4) is 0 Å². The van der Waals surface area contributed by atoms with E-state index in [0.717, 1.165) is 24.1 Å². The Morgan fingerprint density at radius 3 is 2.53 bits per heavy atom. The van der Waals surface area contributed by atoms with Crippen LogP contribution < -0.4 is 19.7 Å². The number of anilines is 1. The van der Waals surface area contributed by atoms with Crippen molar-refractivity contribution in [2.24, 2.45) is 0 Å². The molecule has 8 heteroatoms. The quantitative estimate of drug-likeness (QED) is 0.603. The molecule has 0 aliphatic carbocycles. The van der Waals surface area contributed by atoms with Crippen molar-refractivity contribution in [1.29, 1.82) is 0 Å². The molecule has 0 radical (unpaired) electrons. The van der Waals surface area contributed by atoms with Crippen LogP contribution in [0.25, 0.3) is 0 Å². The molecular weight excluding hydrogens is 412 g/mol. The van der Waals surface area contributed by atoms with E-state index >= 15 is 0 Å². The van der Waals surface area contributed by atoms with Crippen molar-refractivity contribution in [3.63, 3.8) is 0 Å². The number of rotatable bonds is 9. The molecule has 0 spiro atoms. The number of benzene rings is 2. The molecule has 0 saturated carbocycles. The van der Waals surface area contributed by atoms with Crippen molar-refractivity contribution in [3.8, 4) is 11.5 Å². The Labute approximate surface area is 187 Å². The normalized spacial score (nSPS) is 12.5. The van der Waals surface area contributed by atoms with E-state index < -0.39 is 11.9 Å². The Kier molecular flexibility index (Phi) is 8.08. The van der Waals surface area contributed by atoms with Crippen LogP contribution in [0.1, 0.15) is 36.2 Å². The monoisotopic (exact) mass is 440 g/mol. The molecule has 8 nitrogen and oxygen atoms in total. The van der Waals surface area contributed by atoms with Crippen molar-refractivity contribution in [2.75, 3.05) is 37.8 Å². The van der Waals surface area contributed by atoms with Gasteiger partial charge >= 0.3 is 5.97 Å². The summed E-state index contributed by atoms with van der Waals surface area (Å²) in [5.41, 5.74) is 2.28. The fourth-order valence-corrected chi connectivity index (χ4v) is 3.51. The Hall–Kier alpha value is -3.55. The van der Waals surface area contributed by atoms with Gasteiger partial charge < -0.3 is 24.4 Å². The highest BCUT2D eigenvalue weighted by Gasteiger charge is 2.23. The first-order valence-corrected chi connectivity index (χ1v) is 10.7. The maximum Gasteiger partial charge on any atom is 0.325 e. The number of fused-ring (bicyclic) bond motifs is 1. The van der Waals surface area contributed by atoms with Gasteiger partial charge in [-0.15, -0.1) is 0 Å². The number of carbonyl (C=O) groups is 3. The third kappa shape index (κ3) is 5.78. The highest BCUT2D eigenvalue weighted by Crippen LogP contribution is 2.29. The fraction of sp³-hybridized carbons (Fsp3) is 0.375. The zero-order valence-corrected chi connectivity index (χ0v) is 18.4. The molecule has 1 heterocycles. The summed E-state index contributed by atoms with van der Waals surface area (Å²) in [5.74, 6) is -0.431. The van der Waals surface area contributed by atoms with E-state index in [1.54, 1.807) is 23.1 Å². The number of amides is 2. The van der Waals surface area contributed by atoms with Crippen LogP contribution >= 0.6 is 0 Å². The van der Waals surface area contributed by atoms with Crippen LogP contribution in [0.15, 0.2) is 42.5 Å². The van der Waals surface area contributed by atoms with Crippen LogP contribution in [0, 0.1) is 0 Å². The number of hydrogen-bond acceptors (Lipinski definition) is 6. The summed E-state index contributed by atoms with van der Waals surface area (Å²) in [4.78, 5) is 38.7. The highest BCUT2D eigenvalue weighted by molar-refractivity contribution is 5.98. The number of hydrogen-bond donors (Lipinski definition) is 1. The molecule has 2 aromatic carbocycles. The van der Waals surface area contributed by atoms with E-state index in [1.165, 1.54) is 0 Å². The average Bonchev–Trinajstić information content (AvgIpc) is 2.82. The maximum atomic E-state index is 12.5. The molecule has 1 aliphatic rings. The summed E-state index contributed by atoms with van der Waals surface area (Å²) in [6.45, 7) is 4.45. The van der Waals surface area contributed by atoms with Crippen LogP contribution in [0.5, 0.6) is 11.5 Å². The lowest BCUT2D eigenvalue weighted by Gasteiger charge is -2.29. The first kappa shape index (κ1) is 23.1. The van der Waals surface area contributed by atoms with Gasteiger partial charge in [-0.05, 0) is 56.5 Å². The van der Waals surface area contributed by atoms with Crippen molar-refractivity contribution in [1.82, 2.24) is 5.32 Å². The van der Waals surface area contributed by atoms with E-state index in [2.05, 4.69) is 5.32 Å². The van der Waals surface area contributed by atoms with E-state index in [0.29, 0.717) is 36.8 Å². The number of ether oxygens (including phenoxy) is 3. The molecule has 3 rings (SSSR count). The van der Waals surface area contributed by atoms with Crippen LogP contribution in [0.2, 0.25) is 0 Å². The van der Waals surface area contributed by atoms with Gasteiger partial charge in [-0.3, -0.25) is 14.4 Å². The molecular formula is C24H28N2O6. The predicted molar refractivity (Wildman–Crippen MR) is 119 cm³/mol. The number of para-hydroxylation sites is 1. The Morgan fingerprint density at radius 2 is 1.75 bits per heavy atom. The molecule has 0 unspecified atom stereocenters. The number of nitrogens with zero attached hydrogens (tertiary/aromatic N) is 1. The third-order valence-corrected chi connectivity index (χ3v) is 4.97. The minimum Gasteiger partial charge on any atom is -0.490 e. The smallest absolute Gasteiger partial charge is 0.325 e. The van der Waals surface area contributed by atoms with E-state index in [9.17, 15) is 14.4 Å². The standard InChI is InChI=1S/C24H28N2O6/c1-3-30-20-12-11-18(14-21(20)31-4-2)24(29)25-15-23(28)32-16-22(27)26-13-7-9-17-8-5-6-10-19(17)26/h5-6,8,10-12,14H,3-4,7,9,13,15-16H2,1-2H3,(H,25,29). The molecule has 0 bridgehead atoms. The number of aryl methyl sites for hydroxylation is 1. The predicted octanol–water partition coefficient (Wildman–Crippen LogP) is 2.74. The van der Waals surface area contributed by atoms with E-state index in [-0.39, 0.29) is 19.1 Å². The number of nitrogens with one attached hydrogen (secondary N) is 1. The van der Waals surface area contributed by atoms with Crippen molar-refractivity contribution >= 4 is 23.5 Å². The SMILES string of the molecule is CCOc1ccc(C(=O)NCC(=O)OCC(=O)N2CCCc3ccccc32)cc1OCC. The molecule has 2 amide bonds. The molecule has 32 heavy (non-hydrogen) atoms. The first-order chi connectivity index (χ1) is 15.5. The van der Waals surface area contributed by atoms with Crippen molar-refractivity contribution < 1.29 is 28.6 Å². The van der Waals surface area contributed by atoms with Gasteiger partial charge in [0.1, 0.15) is 6.54 Å². The highest BCUT2D eigenvalue weighted by atomic mass is 16.5. The van der Waals surface area contributed by atoms with E-state index in [4.69, 9.17) is 14.2 Å². The lowest BCUT2D eigenvalue weighted by atomic mass is 10.0. The summed E-state index contributed by atoms with van der Waals surface area (Å²) >= 11 is 0. The van der Waals surface area contributed by atoms with Gasteiger partial charge in [0.2, 0.25) is 0 Å². The number of carbonyl (C=O) groups excluding carboxylic acids is 3. The second kappa shape index (κ2) is 11.2. The van der Waals surface area contributed by atoms with Gasteiger partial charge in [0.15, 0.2) is 18.1 Å². The Morgan fingerprint density at radius 1 is 1.00 bits per heavy atom. The minimum atomic E-state index is -0.687. The molecule has 1 N–H and O–H groups in total. The summed E-state index contributed by atoms with van der Waals surface area (Å²) in [7, 11) is 0. The second-order valence-corrected chi connectivity index (χ2v) is 7.15. The van der Waals surface area contributed by atoms with Gasteiger partial charge in [-0.25, -0.2) is 0 Å². The minimum absolute atomic E-state index is 0.287. The van der Waals surface area contributed by atoms with Crippen LogP contribution in [-0.2, 0) is 20.7 Å². The van der Waals surface area contributed by atoms with Gasteiger partial charge in [0, 0.05) is 17.8 Å². The zero-order valence-electron chi connectivity index (χ0n) is 18.4. The topological polar surface area (TPSA) is 94.2 Å². The summed E-state index contributed by atoms with van der Waals surface area (Å²) in [5, 5.41) is 2.50. The molecule has 0 atom stereocenters. The lowest BCUT2D eigenvalue weighted by Crippen LogP contribution is -2.39. The Bertz CT molecular complexity index is 975. The lowest BCUT2D eigenvalue weighted by molar-refractivity contribution is -0.146. The average molecular weight is 440 g/mol.